The van der Waals surface area contributed by atoms with E-state index in [9.17, 15) is 5.11 Å². The topological polar surface area (TPSA) is 88.5 Å². The third-order valence-corrected chi connectivity index (χ3v) is 3.43. The fourth-order valence-corrected chi connectivity index (χ4v) is 2.24. The summed E-state index contributed by atoms with van der Waals surface area (Å²) in [5, 5.41) is 16.8. The van der Waals surface area contributed by atoms with E-state index in [4.69, 9.17) is 9.47 Å². The van der Waals surface area contributed by atoms with Crippen molar-refractivity contribution >= 4 is 11.6 Å². The van der Waals surface area contributed by atoms with E-state index in [1.54, 1.807) is 7.11 Å². The number of aromatic nitrogens is 2. The van der Waals surface area contributed by atoms with E-state index < -0.39 is 5.60 Å². The number of nitrogens with zero attached hydrogens (tertiary/aromatic N) is 2. The van der Waals surface area contributed by atoms with Gasteiger partial charge in [0.05, 0.1) is 5.60 Å². The minimum atomic E-state index is -0.733. The van der Waals surface area contributed by atoms with Crippen LogP contribution < -0.4 is 10.6 Å². The maximum atomic E-state index is 10.5. The molecule has 1 fully saturated rings. The molecule has 118 valence electrons. The number of anilines is 2. The minimum absolute atomic E-state index is 0.353. The van der Waals surface area contributed by atoms with Crippen LogP contribution in [0.15, 0.2) is 6.07 Å². The highest BCUT2D eigenvalue weighted by Gasteiger charge is 2.29. The summed E-state index contributed by atoms with van der Waals surface area (Å²) < 4.78 is 10.4. The van der Waals surface area contributed by atoms with E-state index >= 15 is 0 Å². The molecule has 0 unspecified atom stereocenters. The summed E-state index contributed by atoms with van der Waals surface area (Å²) in [4.78, 5) is 8.75. The van der Waals surface area contributed by atoms with Gasteiger partial charge >= 0.3 is 0 Å². The molecule has 7 nitrogen and oxygen atoms in total. The quantitative estimate of drug-likeness (QED) is 0.692. The Morgan fingerprint density at radius 1 is 1.29 bits per heavy atom. The average Bonchev–Trinajstić information content (AvgIpc) is 2.47. The lowest BCUT2D eigenvalue weighted by Gasteiger charge is -2.32. The highest BCUT2D eigenvalue weighted by Crippen LogP contribution is 2.21. The maximum absolute atomic E-state index is 10.5. The van der Waals surface area contributed by atoms with Gasteiger partial charge in [0.2, 0.25) is 0 Å². The van der Waals surface area contributed by atoms with Crippen LogP contribution in [-0.4, -0.2) is 54.1 Å². The van der Waals surface area contributed by atoms with E-state index in [0.29, 0.717) is 50.8 Å². The summed E-state index contributed by atoms with van der Waals surface area (Å²) in [5.74, 6) is 2.05. The molecule has 3 N–H and O–H groups in total. The first kappa shape index (κ1) is 15.9. The number of rotatable bonds is 7. The van der Waals surface area contributed by atoms with E-state index in [-0.39, 0.29) is 0 Å². The normalized spacial score (nSPS) is 17.5. The summed E-state index contributed by atoms with van der Waals surface area (Å²) in [6.45, 7) is 4.79. The number of aliphatic hydroxyl groups is 1. The summed E-state index contributed by atoms with van der Waals surface area (Å²) in [7, 11) is 1.61. The molecule has 0 aromatic carbocycles. The molecule has 0 amide bonds. The molecular weight excluding hydrogens is 272 g/mol. The molecule has 2 heterocycles. The van der Waals surface area contributed by atoms with Crippen LogP contribution in [0.3, 0.4) is 0 Å². The Kier molecular flexibility index (Phi) is 5.72. The van der Waals surface area contributed by atoms with Crippen LogP contribution in [0.2, 0.25) is 0 Å². The molecule has 0 spiro atoms. The van der Waals surface area contributed by atoms with Crippen LogP contribution in [0, 0.1) is 0 Å². The maximum Gasteiger partial charge on any atom is 0.158 e. The fraction of sp³-hybridized carbons (Fsp3) is 0.714. The molecule has 1 aromatic heterocycles. The van der Waals surface area contributed by atoms with Gasteiger partial charge in [0.15, 0.2) is 5.82 Å². The van der Waals surface area contributed by atoms with Crippen molar-refractivity contribution in [1.82, 2.24) is 9.97 Å². The number of hydrogen-bond acceptors (Lipinski definition) is 7. The molecule has 0 bridgehead atoms. The molecule has 0 saturated carbocycles. The van der Waals surface area contributed by atoms with E-state index in [1.807, 2.05) is 13.0 Å². The summed E-state index contributed by atoms with van der Waals surface area (Å²) >= 11 is 0. The van der Waals surface area contributed by atoms with Crippen molar-refractivity contribution in [3.05, 3.63) is 11.9 Å². The van der Waals surface area contributed by atoms with Crippen LogP contribution in [0.5, 0.6) is 0 Å². The van der Waals surface area contributed by atoms with Gasteiger partial charge in [-0.1, -0.05) is 0 Å². The van der Waals surface area contributed by atoms with Crippen LogP contribution in [0.1, 0.15) is 25.6 Å². The Morgan fingerprint density at radius 2 is 1.95 bits per heavy atom. The van der Waals surface area contributed by atoms with Crippen LogP contribution in [0.4, 0.5) is 11.6 Å². The zero-order valence-corrected chi connectivity index (χ0v) is 12.7. The van der Waals surface area contributed by atoms with Crippen LogP contribution in [0.25, 0.3) is 0 Å². The largest absolute Gasteiger partial charge is 0.388 e. The molecule has 1 saturated heterocycles. The van der Waals surface area contributed by atoms with Gasteiger partial charge in [-0.2, -0.15) is 0 Å². The number of methoxy groups -OCH3 is 1. The van der Waals surface area contributed by atoms with Crippen molar-refractivity contribution < 1.29 is 14.6 Å². The lowest BCUT2D eigenvalue weighted by molar-refractivity contribution is -0.0543. The SMILES string of the molecule is CCNc1cc(NCC2(O)CCOCC2)nc(COC)n1. The average molecular weight is 296 g/mol. The molecule has 21 heavy (non-hydrogen) atoms. The van der Waals surface area contributed by atoms with E-state index in [0.717, 1.165) is 12.4 Å². The first-order valence-corrected chi connectivity index (χ1v) is 7.30. The molecule has 0 radical (unpaired) electrons. The van der Waals surface area contributed by atoms with Gasteiger partial charge in [-0.3, -0.25) is 0 Å². The van der Waals surface area contributed by atoms with Gasteiger partial charge < -0.3 is 25.2 Å². The molecule has 2 rings (SSSR count). The molecule has 1 aromatic rings. The Morgan fingerprint density at radius 3 is 2.57 bits per heavy atom. The van der Waals surface area contributed by atoms with Crippen molar-refractivity contribution in [3.63, 3.8) is 0 Å². The monoisotopic (exact) mass is 296 g/mol. The van der Waals surface area contributed by atoms with Crippen molar-refractivity contribution in [2.24, 2.45) is 0 Å². The summed E-state index contributed by atoms with van der Waals surface area (Å²) in [6, 6.07) is 1.84. The highest BCUT2D eigenvalue weighted by molar-refractivity contribution is 5.47. The van der Waals surface area contributed by atoms with Crippen molar-refractivity contribution in [1.29, 1.82) is 0 Å². The predicted octanol–water partition coefficient (Wildman–Crippen LogP) is 1.01. The standard InChI is InChI=1S/C14H24N4O3/c1-3-15-11-8-12(18-13(17-11)9-20-2)16-10-14(19)4-6-21-7-5-14/h8,19H,3-7,9-10H2,1-2H3,(H2,15,16,17,18). The van der Waals surface area contributed by atoms with Gasteiger partial charge in [-0.15, -0.1) is 0 Å². The molecule has 0 atom stereocenters. The number of ether oxygens (including phenoxy) is 2. The molecule has 0 aliphatic carbocycles. The van der Waals surface area contributed by atoms with Gasteiger partial charge in [-0.25, -0.2) is 9.97 Å². The summed E-state index contributed by atoms with van der Waals surface area (Å²) in [6.07, 6.45) is 1.27. The number of nitrogens with one attached hydrogen (secondary N) is 2. The van der Waals surface area contributed by atoms with Crippen molar-refractivity contribution in [3.8, 4) is 0 Å². The smallest absolute Gasteiger partial charge is 0.158 e. The van der Waals surface area contributed by atoms with E-state index in [1.165, 1.54) is 0 Å². The van der Waals surface area contributed by atoms with Gasteiger partial charge in [0.25, 0.3) is 0 Å². The molecule has 1 aliphatic heterocycles. The first-order valence-electron chi connectivity index (χ1n) is 7.30. The second-order valence-electron chi connectivity index (χ2n) is 5.21. The minimum Gasteiger partial charge on any atom is -0.388 e. The van der Waals surface area contributed by atoms with Crippen molar-refractivity contribution in [2.75, 3.05) is 44.0 Å². The van der Waals surface area contributed by atoms with Crippen molar-refractivity contribution in [2.45, 2.75) is 32.0 Å². The lowest BCUT2D eigenvalue weighted by Crippen LogP contribution is -2.42. The third kappa shape index (κ3) is 4.80. The van der Waals surface area contributed by atoms with Crippen LogP contribution in [-0.2, 0) is 16.1 Å². The fourth-order valence-electron chi connectivity index (χ4n) is 2.24. The second-order valence-corrected chi connectivity index (χ2v) is 5.21. The zero-order chi connectivity index (χ0) is 15.1. The van der Waals surface area contributed by atoms with Gasteiger partial charge in [-0.05, 0) is 6.92 Å². The lowest BCUT2D eigenvalue weighted by atomic mass is 9.94. The Balaban J connectivity index is 2.03. The Hall–Kier alpha value is -1.44. The zero-order valence-electron chi connectivity index (χ0n) is 12.7. The second kappa shape index (κ2) is 7.53. The summed E-state index contributed by atoms with van der Waals surface area (Å²) in [5.41, 5.74) is -0.733. The molecule has 1 aliphatic rings. The third-order valence-electron chi connectivity index (χ3n) is 3.43. The molecular formula is C14H24N4O3. The van der Waals surface area contributed by atoms with E-state index in [2.05, 4.69) is 20.6 Å². The van der Waals surface area contributed by atoms with Gasteiger partial charge in [0, 0.05) is 52.3 Å². The molecule has 7 heteroatoms. The Bertz CT molecular complexity index is 426. The van der Waals surface area contributed by atoms with Crippen LogP contribution >= 0.6 is 0 Å². The highest BCUT2D eigenvalue weighted by atomic mass is 16.5. The number of hydrogen-bond donors (Lipinski definition) is 3. The van der Waals surface area contributed by atoms with Gasteiger partial charge in [0.1, 0.15) is 18.2 Å². The first-order chi connectivity index (χ1) is 10.1. The predicted molar refractivity (Wildman–Crippen MR) is 80.4 cm³/mol. The Labute approximate surface area is 125 Å².